The molecule has 0 unspecified atom stereocenters. The molecule has 0 saturated heterocycles. The van der Waals surface area contributed by atoms with Gasteiger partial charge in [0, 0.05) is 0 Å². The van der Waals surface area contributed by atoms with Crippen molar-refractivity contribution in [2.45, 2.75) is 20.8 Å². The van der Waals surface area contributed by atoms with Gasteiger partial charge in [0.15, 0.2) is 0 Å². The second kappa shape index (κ2) is 8.44. The largest absolute Gasteiger partial charge is 0.423 e. The Hall–Kier alpha value is -3.92. The lowest BCUT2D eigenvalue weighted by Crippen LogP contribution is -2.12. The van der Waals surface area contributed by atoms with E-state index < -0.39 is 11.9 Å². The van der Waals surface area contributed by atoms with Crippen LogP contribution in [0.2, 0.25) is 0 Å². The zero-order valence-corrected chi connectivity index (χ0v) is 17.6. The van der Waals surface area contributed by atoms with Crippen molar-refractivity contribution < 1.29 is 19.1 Å². The van der Waals surface area contributed by atoms with Crippen molar-refractivity contribution in [2.24, 2.45) is 0 Å². The van der Waals surface area contributed by atoms with Crippen LogP contribution in [0.5, 0.6) is 11.5 Å². The van der Waals surface area contributed by atoms with Crippen LogP contribution in [-0.2, 0) is 0 Å². The van der Waals surface area contributed by atoms with Gasteiger partial charge < -0.3 is 9.47 Å². The first-order valence-electron chi connectivity index (χ1n) is 10.0. The van der Waals surface area contributed by atoms with E-state index in [1.54, 1.807) is 30.3 Å². The number of carbonyl (C=O) groups excluding carboxylic acids is 2. The maximum absolute atomic E-state index is 12.6. The van der Waals surface area contributed by atoms with Crippen molar-refractivity contribution in [3.8, 4) is 11.5 Å². The average Bonchev–Trinajstić information content (AvgIpc) is 2.76. The summed E-state index contributed by atoms with van der Waals surface area (Å²) in [5.74, 6) is 0.0813. The SMILES string of the molecule is Cc1cc(C)c(OC(=O)c2ccc(C(=O)Oc3ccc4ccccc4c3)cc2)c(C)c1. The Morgan fingerprint density at radius 1 is 0.613 bits per heavy atom. The van der Waals surface area contributed by atoms with E-state index >= 15 is 0 Å². The van der Waals surface area contributed by atoms with Crippen LogP contribution in [0.25, 0.3) is 10.8 Å². The molecule has 0 N–H and O–H groups in total. The first-order valence-corrected chi connectivity index (χ1v) is 10.0. The van der Waals surface area contributed by atoms with Crippen molar-refractivity contribution in [1.82, 2.24) is 0 Å². The molecule has 0 aromatic heterocycles. The van der Waals surface area contributed by atoms with Gasteiger partial charge in [0.25, 0.3) is 0 Å². The van der Waals surface area contributed by atoms with Gasteiger partial charge in [-0.1, -0.05) is 48.0 Å². The third kappa shape index (κ3) is 4.48. The van der Waals surface area contributed by atoms with Crippen LogP contribution < -0.4 is 9.47 Å². The van der Waals surface area contributed by atoms with E-state index in [1.807, 2.05) is 69.3 Å². The molecule has 4 heteroatoms. The number of hydrogen-bond donors (Lipinski definition) is 0. The highest BCUT2D eigenvalue weighted by Crippen LogP contribution is 2.26. The third-order valence-corrected chi connectivity index (χ3v) is 5.09. The predicted molar refractivity (Wildman–Crippen MR) is 121 cm³/mol. The lowest BCUT2D eigenvalue weighted by molar-refractivity contribution is 0.0719. The molecule has 0 saturated carbocycles. The minimum absolute atomic E-state index is 0.354. The summed E-state index contributed by atoms with van der Waals surface area (Å²) >= 11 is 0. The van der Waals surface area contributed by atoms with Gasteiger partial charge in [-0.05, 0) is 79.1 Å². The number of carbonyl (C=O) groups is 2. The van der Waals surface area contributed by atoms with Crippen molar-refractivity contribution in [3.05, 3.63) is 107 Å². The van der Waals surface area contributed by atoms with E-state index in [9.17, 15) is 9.59 Å². The fraction of sp³-hybridized carbons (Fsp3) is 0.111. The number of rotatable bonds is 4. The molecule has 4 aromatic carbocycles. The first kappa shape index (κ1) is 20.4. The summed E-state index contributed by atoms with van der Waals surface area (Å²) in [6.07, 6.45) is 0. The second-order valence-electron chi connectivity index (χ2n) is 7.59. The zero-order chi connectivity index (χ0) is 22.0. The summed E-state index contributed by atoms with van der Waals surface area (Å²) in [5.41, 5.74) is 3.64. The van der Waals surface area contributed by atoms with E-state index in [4.69, 9.17) is 9.47 Å². The highest BCUT2D eigenvalue weighted by atomic mass is 16.5. The lowest BCUT2D eigenvalue weighted by atomic mass is 10.1. The summed E-state index contributed by atoms with van der Waals surface area (Å²) < 4.78 is 11.1. The molecule has 4 rings (SSSR count). The molecule has 0 aliphatic heterocycles. The topological polar surface area (TPSA) is 52.6 Å². The van der Waals surface area contributed by atoms with Gasteiger partial charge in [-0.15, -0.1) is 0 Å². The molecule has 0 heterocycles. The molecule has 4 nitrogen and oxygen atoms in total. The van der Waals surface area contributed by atoms with E-state index in [0.717, 1.165) is 27.5 Å². The predicted octanol–water partition coefficient (Wildman–Crippen LogP) is 6.20. The summed E-state index contributed by atoms with van der Waals surface area (Å²) in [6, 6.07) is 23.6. The van der Waals surface area contributed by atoms with Gasteiger partial charge in [-0.25, -0.2) is 9.59 Å². The van der Waals surface area contributed by atoms with E-state index in [2.05, 4.69) is 0 Å². The average molecular weight is 410 g/mol. The molecule has 0 aliphatic rings. The lowest BCUT2D eigenvalue weighted by Gasteiger charge is -2.12. The standard InChI is InChI=1S/C27H22O4/c1-17-14-18(2)25(19(3)15-17)31-27(29)22-10-8-21(9-11-22)26(28)30-24-13-12-20-6-4-5-7-23(20)16-24/h4-16H,1-3H3. The van der Waals surface area contributed by atoms with Crippen molar-refractivity contribution >= 4 is 22.7 Å². The molecule has 0 amide bonds. The van der Waals surface area contributed by atoms with Crippen LogP contribution >= 0.6 is 0 Å². The van der Waals surface area contributed by atoms with Gasteiger partial charge >= 0.3 is 11.9 Å². The quantitative estimate of drug-likeness (QED) is 0.297. The normalized spacial score (nSPS) is 10.7. The molecule has 0 spiro atoms. The van der Waals surface area contributed by atoms with E-state index in [0.29, 0.717) is 22.6 Å². The molecule has 0 aliphatic carbocycles. The van der Waals surface area contributed by atoms with Gasteiger partial charge in [0.2, 0.25) is 0 Å². The Balaban J connectivity index is 1.47. The van der Waals surface area contributed by atoms with Crippen molar-refractivity contribution in [2.75, 3.05) is 0 Å². The fourth-order valence-electron chi connectivity index (χ4n) is 3.62. The number of ether oxygens (including phenoxy) is 2. The van der Waals surface area contributed by atoms with Crippen LogP contribution in [0.3, 0.4) is 0 Å². The third-order valence-electron chi connectivity index (χ3n) is 5.09. The van der Waals surface area contributed by atoms with Crippen LogP contribution in [-0.4, -0.2) is 11.9 Å². The number of esters is 2. The van der Waals surface area contributed by atoms with Gasteiger partial charge in [-0.2, -0.15) is 0 Å². The fourth-order valence-corrected chi connectivity index (χ4v) is 3.62. The Bertz CT molecular complexity index is 1260. The molecule has 0 fully saturated rings. The minimum Gasteiger partial charge on any atom is -0.423 e. The number of hydrogen-bond acceptors (Lipinski definition) is 4. The van der Waals surface area contributed by atoms with Crippen LogP contribution in [0.15, 0.2) is 78.9 Å². The second-order valence-corrected chi connectivity index (χ2v) is 7.59. The number of benzene rings is 4. The molecule has 154 valence electrons. The maximum Gasteiger partial charge on any atom is 0.343 e. The summed E-state index contributed by atoms with van der Waals surface area (Å²) in [4.78, 5) is 25.1. The first-order chi connectivity index (χ1) is 14.9. The van der Waals surface area contributed by atoms with E-state index in [-0.39, 0.29) is 0 Å². The molecular weight excluding hydrogens is 388 g/mol. The Labute approximate surface area is 181 Å². The van der Waals surface area contributed by atoms with Crippen LogP contribution in [0.4, 0.5) is 0 Å². The maximum atomic E-state index is 12.6. The van der Waals surface area contributed by atoms with Crippen molar-refractivity contribution in [1.29, 1.82) is 0 Å². The van der Waals surface area contributed by atoms with Gasteiger partial charge in [0.1, 0.15) is 11.5 Å². The molecule has 4 aromatic rings. The molecule has 0 bridgehead atoms. The van der Waals surface area contributed by atoms with Gasteiger partial charge in [0.05, 0.1) is 11.1 Å². The van der Waals surface area contributed by atoms with Crippen LogP contribution in [0, 0.1) is 20.8 Å². The molecule has 0 radical (unpaired) electrons. The molecule has 0 atom stereocenters. The molecular formula is C27H22O4. The Morgan fingerprint density at radius 3 is 1.77 bits per heavy atom. The summed E-state index contributed by atoms with van der Waals surface area (Å²) in [7, 11) is 0. The number of fused-ring (bicyclic) bond motifs is 1. The molecule has 31 heavy (non-hydrogen) atoms. The highest BCUT2D eigenvalue weighted by Gasteiger charge is 2.15. The van der Waals surface area contributed by atoms with E-state index in [1.165, 1.54) is 0 Å². The smallest absolute Gasteiger partial charge is 0.343 e. The Kier molecular flexibility index (Phi) is 5.54. The zero-order valence-electron chi connectivity index (χ0n) is 17.6. The Morgan fingerprint density at radius 2 is 1.16 bits per heavy atom. The van der Waals surface area contributed by atoms with Gasteiger partial charge in [-0.3, -0.25) is 0 Å². The summed E-state index contributed by atoms with van der Waals surface area (Å²) in [5, 5.41) is 2.07. The highest BCUT2D eigenvalue weighted by molar-refractivity contribution is 5.95. The monoisotopic (exact) mass is 410 g/mol. The van der Waals surface area contributed by atoms with Crippen LogP contribution in [0.1, 0.15) is 37.4 Å². The minimum atomic E-state index is -0.486. The van der Waals surface area contributed by atoms with Crippen molar-refractivity contribution in [3.63, 3.8) is 0 Å². The number of aryl methyl sites for hydroxylation is 3. The summed E-state index contributed by atoms with van der Waals surface area (Å²) in [6.45, 7) is 5.82.